The van der Waals surface area contributed by atoms with Crippen molar-refractivity contribution in [3.63, 3.8) is 0 Å². The van der Waals surface area contributed by atoms with Crippen LogP contribution >= 0.6 is 0 Å². The number of hydrogen-bond acceptors (Lipinski definition) is 6. The molecule has 8 nitrogen and oxygen atoms in total. The second kappa shape index (κ2) is 12.3. The average Bonchev–Trinajstić information content (AvgIpc) is 2.90. The molecule has 3 aromatic rings. The van der Waals surface area contributed by atoms with E-state index in [0.717, 1.165) is 28.6 Å². The van der Waals surface area contributed by atoms with Crippen LogP contribution in [0.4, 0.5) is 5.69 Å². The van der Waals surface area contributed by atoms with E-state index in [1.54, 1.807) is 43.5 Å². The number of anilines is 1. The molecule has 0 bridgehead atoms. The van der Waals surface area contributed by atoms with Gasteiger partial charge in [0.05, 0.1) is 43.9 Å². The number of aryl methyl sites for hydroxylation is 1. The molecule has 0 heterocycles. The van der Waals surface area contributed by atoms with Crippen molar-refractivity contribution in [2.45, 2.75) is 24.3 Å². The number of hydrogen-bond donors (Lipinski definition) is 1. The minimum absolute atomic E-state index is 0.00967. The second-order valence-electron chi connectivity index (χ2n) is 9.98. The van der Waals surface area contributed by atoms with Crippen LogP contribution in [-0.4, -0.2) is 72.1 Å². The van der Waals surface area contributed by atoms with Gasteiger partial charge in [-0.3, -0.25) is 4.31 Å². The summed E-state index contributed by atoms with van der Waals surface area (Å²) in [5.74, 6) is 1.11. The Hall–Kier alpha value is -3.58. The van der Waals surface area contributed by atoms with Gasteiger partial charge in [0.15, 0.2) is 0 Å². The van der Waals surface area contributed by atoms with Crippen molar-refractivity contribution in [3.05, 3.63) is 83.4 Å². The smallest absolute Gasteiger partial charge is 0.264 e. The number of nitriles is 1. The summed E-state index contributed by atoms with van der Waals surface area (Å²) >= 11 is 0. The van der Waals surface area contributed by atoms with E-state index in [1.165, 1.54) is 18.7 Å². The first kappa shape index (κ1) is 29.0. The summed E-state index contributed by atoms with van der Waals surface area (Å²) in [5, 5.41) is 20.3. The Balaban J connectivity index is 1.60. The fourth-order valence-corrected chi connectivity index (χ4v) is 5.25. The normalized spacial score (nSPS) is 12.4. The molecule has 0 spiro atoms. The van der Waals surface area contributed by atoms with Gasteiger partial charge in [-0.25, -0.2) is 8.42 Å². The summed E-state index contributed by atoms with van der Waals surface area (Å²) in [7, 11) is 3.40. The van der Waals surface area contributed by atoms with Crippen LogP contribution < -0.4 is 13.8 Å². The molecule has 0 radical (unpaired) electrons. The fourth-order valence-electron chi connectivity index (χ4n) is 4.06. The topological polar surface area (TPSA) is 99.9 Å². The first-order valence-electron chi connectivity index (χ1n) is 12.3. The Morgan fingerprint density at radius 1 is 1.05 bits per heavy atom. The number of methoxy groups -OCH3 is 1. The lowest BCUT2D eigenvalue weighted by Gasteiger charge is -2.32. The van der Waals surface area contributed by atoms with Gasteiger partial charge in [0.2, 0.25) is 0 Å². The largest absolute Gasteiger partial charge is 0.497 e. The van der Waals surface area contributed by atoms with Gasteiger partial charge in [-0.1, -0.05) is 29.8 Å². The fraction of sp³-hybridized carbons (Fsp3) is 0.345. The highest BCUT2D eigenvalue weighted by Crippen LogP contribution is 2.28. The van der Waals surface area contributed by atoms with E-state index in [1.807, 2.05) is 45.3 Å². The summed E-state index contributed by atoms with van der Waals surface area (Å²) in [4.78, 5) is 0.167. The molecule has 9 heteroatoms. The zero-order valence-corrected chi connectivity index (χ0v) is 23.4. The first-order valence-corrected chi connectivity index (χ1v) is 13.7. The molecule has 0 saturated heterocycles. The lowest BCUT2D eigenvalue weighted by atomic mass is 10.1. The van der Waals surface area contributed by atoms with Crippen LogP contribution in [0.25, 0.3) is 0 Å². The van der Waals surface area contributed by atoms with E-state index >= 15 is 0 Å². The van der Waals surface area contributed by atoms with Gasteiger partial charge in [0, 0.05) is 13.5 Å². The van der Waals surface area contributed by atoms with E-state index in [-0.39, 0.29) is 17.1 Å². The van der Waals surface area contributed by atoms with Gasteiger partial charge in [-0.2, -0.15) is 5.26 Å². The SMILES string of the molecule is COc1ccc(CC[N+](C)(C)C[C@@H](O)COc2ccc(N(C)S(=O)(=O)c3ccc(C)cc3)cc2C#N)cc1. The predicted octanol–water partition coefficient (Wildman–Crippen LogP) is 3.76. The number of sulfonamides is 1. The van der Waals surface area contributed by atoms with Crippen molar-refractivity contribution in [1.29, 1.82) is 5.26 Å². The molecule has 0 aliphatic heterocycles. The maximum atomic E-state index is 13.0. The standard InChI is InChI=1S/C29H36N3O5S/c1-22-6-13-28(14-7-22)38(34,35)31(2)25-10-15-29(24(18-25)19-30)37-21-26(33)20-32(3,4)17-16-23-8-11-27(36-5)12-9-23/h6-15,18,26,33H,16-17,20-21H2,1-5H3/q+1/t26-/m1/s1. The monoisotopic (exact) mass is 538 g/mol. The van der Waals surface area contributed by atoms with Crippen LogP contribution in [0.3, 0.4) is 0 Å². The number of aliphatic hydroxyl groups excluding tert-OH is 1. The Morgan fingerprint density at radius 3 is 2.32 bits per heavy atom. The molecular formula is C29H36N3O5S+. The quantitative estimate of drug-likeness (QED) is 0.353. The Labute approximate surface area is 225 Å². The Morgan fingerprint density at radius 2 is 1.71 bits per heavy atom. The minimum atomic E-state index is -3.79. The second-order valence-corrected chi connectivity index (χ2v) is 12.0. The highest BCUT2D eigenvalue weighted by molar-refractivity contribution is 7.92. The number of ether oxygens (including phenoxy) is 2. The highest BCUT2D eigenvalue weighted by Gasteiger charge is 2.24. The van der Waals surface area contributed by atoms with Crippen molar-refractivity contribution >= 4 is 15.7 Å². The molecule has 0 aliphatic carbocycles. The zero-order valence-electron chi connectivity index (χ0n) is 22.6. The van der Waals surface area contributed by atoms with Gasteiger partial charge < -0.3 is 19.1 Å². The third-order valence-electron chi connectivity index (χ3n) is 6.43. The van der Waals surface area contributed by atoms with Gasteiger partial charge in [0.1, 0.15) is 36.8 Å². The molecule has 38 heavy (non-hydrogen) atoms. The summed E-state index contributed by atoms with van der Waals surface area (Å²) in [5.41, 5.74) is 2.68. The number of benzene rings is 3. The van der Waals surface area contributed by atoms with Crippen LogP contribution in [-0.2, 0) is 16.4 Å². The molecule has 0 amide bonds. The third kappa shape index (κ3) is 7.48. The van der Waals surface area contributed by atoms with E-state index in [0.29, 0.717) is 22.5 Å². The summed E-state index contributed by atoms with van der Waals surface area (Å²) in [6, 6.07) is 21.2. The summed E-state index contributed by atoms with van der Waals surface area (Å²) in [6.45, 7) is 3.18. The zero-order chi connectivity index (χ0) is 27.9. The van der Waals surface area contributed by atoms with E-state index < -0.39 is 16.1 Å². The third-order valence-corrected chi connectivity index (χ3v) is 8.23. The van der Waals surface area contributed by atoms with E-state index in [4.69, 9.17) is 9.47 Å². The van der Waals surface area contributed by atoms with Gasteiger partial charge in [-0.05, 0) is 55.0 Å². The average molecular weight is 539 g/mol. The van der Waals surface area contributed by atoms with Gasteiger partial charge in [-0.15, -0.1) is 0 Å². The van der Waals surface area contributed by atoms with Crippen LogP contribution in [0.1, 0.15) is 16.7 Å². The molecule has 3 aromatic carbocycles. The van der Waals surface area contributed by atoms with Crippen LogP contribution in [0, 0.1) is 18.3 Å². The number of rotatable bonds is 12. The minimum Gasteiger partial charge on any atom is -0.497 e. The number of quaternary nitrogens is 1. The van der Waals surface area contributed by atoms with Crippen molar-refractivity contribution in [3.8, 4) is 17.6 Å². The lowest BCUT2D eigenvalue weighted by Crippen LogP contribution is -2.48. The number of nitrogens with zero attached hydrogens (tertiary/aromatic N) is 3. The molecule has 3 rings (SSSR count). The molecular weight excluding hydrogens is 502 g/mol. The van der Waals surface area contributed by atoms with Gasteiger partial charge in [0.25, 0.3) is 10.0 Å². The van der Waals surface area contributed by atoms with Crippen molar-refractivity contribution in [1.82, 2.24) is 0 Å². The van der Waals surface area contributed by atoms with Crippen LogP contribution in [0.5, 0.6) is 11.5 Å². The maximum absolute atomic E-state index is 13.0. The molecule has 0 aromatic heterocycles. The van der Waals surface area contributed by atoms with Crippen LogP contribution in [0.2, 0.25) is 0 Å². The lowest BCUT2D eigenvalue weighted by molar-refractivity contribution is -0.893. The van der Waals surface area contributed by atoms with E-state index in [2.05, 4.69) is 6.07 Å². The Bertz CT molecular complexity index is 1360. The first-order chi connectivity index (χ1) is 17.9. The Kier molecular flexibility index (Phi) is 9.39. The van der Waals surface area contributed by atoms with Gasteiger partial charge >= 0.3 is 0 Å². The number of likely N-dealkylation sites (N-methyl/N-ethyl adjacent to an activating group) is 1. The van der Waals surface area contributed by atoms with Crippen LogP contribution in [0.15, 0.2) is 71.6 Å². The van der Waals surface area contributed by atoms with Crippen molar-refractivity contribution in [2.75, 3.05) is 52.3 Å². The highest BCUT2D eigenvalue weighted by atomic mass is 32.2. The van der Waals surface area contributed by atoms with E-state index in [9.17, 15) is 18.8 Å². The number of aliphatic hydroxyl groups is 1. The van der Waals surface area contributed by atoms with Crippen molar-refractivity contribution in [2.24, 2.45) is 0 Å². The summed E-state index contributed by atoms with van der Waals surface area (Å²) < 4.78 is 38.7. The molecule has 0 unspecified atom stereocenters. The molecule has 0 aliphatic rings. The maximum Gasteiger partial charge on any atom is 0.264 e. The predicted molar refractivity (Wildman–Crippen MR) is 148 cm³/mol. The molecule has 202 valence electrons. The van der Waals surface area contributed by atoms with Crippen molar-refractivity contribution < 1.29 is 27.5 Å². The molecule has 0 fully saturated rings. The molecule has 1 atom stereocenters. The molecule has 0 saturated carbocycles. The molecule has 1 N–H and O–H groups in total. The summed E-state index contributed by atoms with van der Waals surface area (Å²) in [6.07, 6.45) is 0.0977.